The lowest BCUT2D eigenvalue weighted by molar-refractivity contribution is -0.131. The van der Waals surface area contributed by atoms with Crippen LogP contribution in [0.4, 0.5) is 0 Å². The van der Waals surface area contributed by atoms with Gasteiger partial charge in [-0.25, -0.2) is 0 Å². The van der Waals surface area contributed by atoms with E-state index in [2.05, 4.69) is 15.5 Å². The topological polar surface area (TPSA) is 88.3 Å². The summed E-state index contributed by atoms with van der Waals surface area (Å²) in [6, 6.07) is 3.71. The van der Waals surface area contributed by atoms with Crippen molar-refractivity contribution in [2.75, 3.05) is 6.54 Å². The first-order chi connectivity index (χ1) is 12.5. The maximum Gasteiger partial charge on any atom is 0.224 e. The van der Waals surface area contributed by atoms with Gasteiger partial charge in [0.15, 0.2) is 0 Å². The molecule has 3 rings (SSSR count). The number of pyridine rings is 1. The normalized spacial score (nSPS) is 17.8. The van der Waals surface area contributed by atoms with Crippen LogP contribution in [-0.4, -0.2) is 39.4 Å². The molecular weight excluding hydrogens is 332 g/mol. The smallest absolute Gasteiger partial charge is 0.224 e. The van der Waals surface area contributed by atoms with Crippen LogP contribution in [0.25, 0.3) is 0 Å². The van der Waals surface area contributed by atoms with Crippen LogP contribution in [0.15, 0.2) is 29.0 Å². The third-order valence-electron chi connectivity index (χ3n) is 4.79. The van der Waals surface area contributed by atoms with Crippen molar-refractivity contribution >= 4 is 11.8 Å². The molecule has 0 saturated carbocycles. The molecule has 3 heterocycles. The minimum absolute atomic E-state index is 0.0118. The Balaban J connectivity index is 1.55. The largest absolute Gasteiger partial charge is 0.361 e. The average Bonchev–Trinajstić information content (AvgIpc) is 2.83. The van der Waals surface area contributed by atoms with Gasteiger partial charge in [0.05, 0.1) is 18.7 Å². The van der Waals surface area contributed by atoms with E-state index in [-0.39, 0.29) is 17.9 Å². The lowest BCUT2D eigenvalue weighted by atomic mass is 10.1. The van der Waals surface area contributed by atoms with Gasteiger partial charge in [0.1, 0.15) is 5.76 Å². The first-order valence-corrected chi connectivity index (χ1v) is 8.90. The van der Waals surface area contributed by atoms with Crippen LogP contribution in [-0.2, 0) is 22.6 Å². The number of amides is 2. The number of hydrogen-bond acceptors (Lipinski definition) is 5. The number of hydrogen-bond donors (Lipinski definition) is 1. The summed E-state index contributed by atoms with van der Waals surface area (Å²) < 4.78 is 5.18. The van der Waals surface area contributed by atoms with Gasteiger partial charge in [-0.15, -0.1) is 0 Å². The maximum atomic E-state index is 12.4. The van der Waals surface area contributed by atoms with Crippen LogP contribution < -0.4 is 5.32 Å². The van der Waals surface area contributed by atoms with E-state index < -0.39 is 0 Å². The summed E-state index contributed by atoms with van der Waals surface area (Å²) in [7, 11) is 0. The Morgan fingerprint density at radius 2 is 2.23 bits per heavy atom. The second kappa shape index (κ2) is 8.12. The van der Waals surface area contributed by atoms with Gasteiger partial charge in [-0.3, -0.25) is 14.6 Å². The quantitative estimate of drug-likeness (QED) is 0.884. The van der Waals surface area contributed by atoms with E-state index in [1.54, 1.807) is 12.4 Å². The van der Waals surface area contributed by atoms with E-state index in [0.29, 0.717) is 32.4 Å². The molecule has 26 heavy (non-hydrogen) atoms. The number of rotatable bonds is 5. The molecule has 1 fully saturated rings. The van der Waals surface area contributed by atoms with Gasteiger partial charge in [-0.1, -0.05) is 11.2 Å². The lowest BCUT2D eigenvalue weighted by Gasteiger charge is -2.21. The van der Waals surface area contributed by atoms with E-state index in [0.717, 1.165) is 29.0 Å². The molecule has 7 nitrogen and oxygen atoms in total. The first-order valence-electron chi connectivity index (χ1n) is 8.90. The van der Waals surface area contributed by atoms with Crippen LogP contribution in [0, 0.1) is 13.8 Å². The highest BCUT2D eigenvalue weighted by Gasteiger charge is 2.25. The van der Waals surface area contributed by atoms with Crippen LogP contribution in [0.1, 0.15) is 41.8 Å². The van der Waals surface area contributed by atoms with E-state index in [9.17, 15) is 9.59 Å². The number of carbonyl (C=O) groups excluding carboxylic acids is 2. The number of likely N-dealkylation sites (tertiary alicyclic amines) is 1. The zero-order valence-corrected chi connectivity index (χ0v) is 15.2. The van der Waals surface area contributed by atoms with Crippen molar-refractivity contribution in [2.24, 2.45) is 0 Å². The molecule has 0 aliphatic carbocycles. The number of nitrogens with one attached hydrogen (secondary N) is 1. The Hall–Kier alpha value is -2.70. The third kappa shape index (κ3) is 4.47. The minimum Gasteiger partial charge on any atom is -0.361 e. The van der Waals surface area contributed by atoms with Crippen molar-refractivity contribution in [3.05, 3.63) is 47.1 Å². The number of nitrogens with zero attached hydrogens (tertiary/aromatic N) is 3. The number of aromatic nitrogens is 2. The van der Waals surface area contributed by atoms with Gasteiger partial charge in [0.25, 0.3) is 0 Å². The summed E-state index contributed by atoms with van der Waals surface area (Å²) in [6.45, 7) is 4.87. The lowest BCUT2D eigenvalue weighted by Crippen LogP contribution is -2.36. The Kier molecular flexibility index (Phi) is 5.65. The van der Waals surface area contributed by atoms with Gasteiger partial charge < -0.3 is 14.7 Å². The molecule has 7 heteroatoms. The molecule has 2 aromatic heterocycles. The van der Waals surface area contributed by atoms with Crippen molar-refractivity contribution < 1.29 is 14.1 Å². The Bertz CT molecular complexity index is 753. The highest BCUT2D eigenvalue weighted by atomic mass is 16.5. The highest BCUT2D eigenvalue weighted by Crippen LogP contribution is 2.19. The molecule has 2 aromatic rings. The molecule has 138 valence electrons. The molecular formula is C19H24N4O3. The van der Waals surface area contributed by atoms with Crippen LogP contribution in [0.2, 0.25) is 0 Å². The summed E-state index contributed by atoms with van der Waals surface area (Å²) in [4.78, 5) is 30.5. The highest BCUT2D eigenvalue weighted by molar-refractivity contribution is 5.79. The third-order valence-corrected chi connectivity index (χ3v) is 4.79. The van der Waals surface area contributed by atoms with Crippen LogP contribution in [0.5, 0.6) is 0 Å². The van der Waals surface area contributed by atoms with Gasteiger partial charge in [-0.2, -0.15) is 0 Å². The second-order valence-corrected chi connectivity index (χ2v) is 6.75. The molecule has 0 radical (unpaired) electrons. The van der Waals surface area contributed by atoms with Crippen molar-refractivity contribution in [3.8, 4) is 0 Å². The summed E-state index contributed by atoms with van der Waals surface area (Å²) in [5, 5.41) is 7.00. The molecule has 0 aromatic carbocycles. The summed E-state index contributed by atoms with van der Waals surface area (Å²) in [5.41, 5.74) is 2.67. The van der Waals surface area contributed by atoms with Crippen molar-refractivity contribution in [3.63, 3.8) is 0 Å². The molecule has 1 aliphatic heterocycles. The number of aryl methyl sites for hydroxylation is 2. The zero-order chi connectivity index (χ0) is 18.5. The van der Waals surface area contributed by atoms with Gasteiger partial charge >= 0.3 is 0 Å². The van der Waals surface area contributed by atoms with Gasteiger partial charge in [0.2, 0.25) is 11.8 Å². The molecule has 2 amide bonds. The Morgan fingerprint density at radius 1 is 1.38 bits per heavy atom. The van der Waals surface area contributed by atoms with Crippen molar-refractivity contribution in [2.45, 2.75) is 52.1 Å². The first kappa shape index (κ1) is 18.1. The van der Waals surface area contributed by atoms with E-state index >= 15 is 0 Å². The molecule has 1 atom stereocenters. The van der Waals surface area contributed by atoms with Crippen LogP contribution in [0.3, 0.4) is 0 Å². The fourth-order valence-corrected chi connectivity index (χ4v) is 3.23. The predicted molar refractivity (Wildman–Crippen MR) is 95.1 cm³/mol. The van der Waals surface area contributed by atoms with Crippen LogP contribution >= 0.6 is 0 Å². The maximum absolute atomic E-state index is 12.4. The Labute approximate surface area is 152 Å². The second-order valence-electron chi connectivity index (χ2n) is 6.75. The SMILES string of the molecule is Cc1noc(C)c1CN1CCC(NC(=O)Cc2cccnc2)CCC1=O. The summed E-state index contributed by atoms with van der Waals surface area (Å²) in [5.74, 6) is 0.824. The van der Waals surface area contributed by atoms with E-state index in [4.69, 9.17) is 4.52 Å². The summed E-state index contributed by atoms with van der Waals surface area (Å²) in [6.07, 6.45) is 5.53. The van der Waals surface area contributed by atoms with E-state index in [1.165, 1.54) is 0 Å². The molecule has 1 N–H and O–H groups in total. The zero-order valence-electron chi connectivity index (χ0n) is 15.2. The van der Waals surface area contributed by atoms with Gasteiger partial charge in [0, 0.05) is 37.0 Å². The predicted octanol–water partition coefficient (Wildman–Crippen LogP) is 1.93. The molecule has 0 bridgehead atoms. The molecule has 0 spiro atoms. The molecule has 1 saturated heterocycles. The minimum atomic E-state index is -0.0328. The number of carbonyl (C=O) groups is 2. The monoisotopic (exact) mass is 356 g/mol. The standard InChI is InChI=1S/C19H24N4O3/c1-13-17(14(2)26-22-13)12-23-9-7-16(5-6-19(23)25)21-18(24)10-15-4-3-8-20-11-15/h3-4,8,11,16H,5-7,9-10,12H2,1-2H3,(H,21,24). The fourth-order valence-electron chi connectivity index (χ4n) is 3.23. The van der Waals surface area contributed by atoms with Crippen molar-refractivity contribution in [1.82, 2.24) is 20.4 Å². The average molecular weight is 356 g/mol. The van der Waals surface area contributed by atoms with Crippen molar-refractivity contribution in [1.29, 1.82) is 0 Å². The van der Waals surface area contributed by atoms with E-state index in [1.807, 2.05) is 30.9 Å². The van der Waals surface area contributed by atoms with Gasteiger partial charge in [-0.05, 0) is 38.3 Å². The fraction of sp³-hybridized carbons (Fsp3) is 0.474. The summed E-state index contributed by atoms with van der Waals surface area (Å²) >= 11 is 0. The molecule has 1 unspecified atom stereocenters. The Morgan fingerprint density at radius 3 is 2.92 bits per heavy atom. The molecule has 1 aliphatic rings.